The van der Waals surface area contributed by atoms with Gasteiger partial charge in [-0.05, 0) is 31.9 Å². The molecule has 0 spiro atoms. The number of aliphatic hydroxyl groups is 1. The predicted octanol–water partition coefficient (Wildman–Crippen LogP) is 1.75. The highest BCUT2D eigenvalue weighted by Crippen LogP contribution is 2.21. The molecule has 0 unspecified atom stereocenters. The van der Waals surface area contributed by atoms with Crippen LogP contribution >= 0.6 is 0 Å². The molecule has 0 bridgehead atoms. The third-order valence-electron chi connectivity index (χ3n) is 3.34. The number of aliphatic hydroxyl groups excluding tert-OH is 1. The monoisotopic (exact) mass is 236 g/mol. The predicted molar refractivity (Wildman–Crippen MR) is 67.1 cm³/mol. The highest BCUT2D eigenvalue weighted by molar-refractivity contribution is 5.45. The second-order valence-electron chi connectivity index (χ2n) is 4.54. The normalized spacial score (nSPS) is 19.4. The third kappa shape index (κ3) is 2.96. The Hall–Kier alpha value is -1.13. The summed E-state index contributed by atoms with van der Waals surface area (Å²) in [7, 11) is 1.78. The summed E-state index contributed by atoms with van der Waals surface area (Å²) in [6.45, 7) is 3.74. The minimum atomic E-state index is -0.497. The molecule has 1 N–H and O–H groups in total. The number of piperidine rings is 1. The average Bonchev–Trinajstić information content (AvgIpc) is 2.39. The summed E-state index contributed by atoms with van der Waals surface area (Å²) in [5.41, 5.74) is 1.85. The van der Waals surface area contributed by atoms with Gasteiger partial charge in [0.15, 0.2) is 0 Å². The summed E-state index contributed by atoms with van der Waals surface area (Å²) in [6, 6.07) is 3.92. The Kier molecular flexibility index (Phi) is 3.97. The molecule has 2 heterocycles. The molecule has 94 valence electrons. The summed E-state index contributed by atoms with van der Waals surface area (Å²) < 4.78 is 5.35. The van der Waals surface area contributed by atoms with Crippen molar-refractivity contribution >= 4 is 5.69 Å². The van der Waals surface area contributed by atoms with Crippen LogP contribution in [0.25, 0.3) is 0 Å². The zero-order chi connectivity index (χ0) is 12.3. The second-order valence-corrected chi connectivity index (χ2v) is 4.54. The van der Waals surface area contributed by atoms with E-state index in [0.29, 0.717) is 6.10 Å². The molecule has 4 heteroatoms. The van der Waals surface area contributed by atoms with Crippen molar-refractivity contribution in [2.45, 2.75) is 32.0 Å². The smallest absolute Gasteiger partial charge is 0.0931 e. The van der Waals surface area contributed by atoms with E-state index < -0.39 is 6.10 Å². The van der Waals surface area contributed by atoms with Crippen molar-refractivity contribution in [1.29, 1.82) is 0 Å². The Bertz CT molecular complexity index is 343. The number of pyridine rings is 1. The van der Waals surface area contributed by atoms with Gasteiger partial charge in [0, 0.05) is 20.2 Å². The molecule has 17 heavy (non-hydrogen) atoms. The Morgan fingerprint density at radius 2 is 2.12 bits per heavy atom. The minimum Gasteiger partial charge on any atom is -0.387 e. The van der Waals surface area contributed by atoms with E-state index in [-0.39, 0.29) is 0 Å². The summed E-state index contributed by atoms with van der Waals surface area (Å²) in [6.07, 6.45) is 3.87. The lowest BCUT2D eigenvalue weighted by molar-refractivity contribution is 0.0819. The molecular formula is C13H20N2O2. The molecule has 1 saturated heterocycles. The number of aromatic nitrogens is 1. The lowest BCUT2D eigenvalue weighted by Crippen LogP contribution is -2.36. The van der Waals surface area contributed by atoms with E-state index in [1.807, 2.05) is 18.3 Å². The lowest BCUT2D eigenvalue weighted by atomic mass is 10.1. The number of hydrogen-bond donors (Lipinski definition) is 1. The van der Waals surface area contributed by atoms with E-state index in [0.717, 1.165) is 37.3 Å². The molecule has 1 atom stereocenters. The van der Waals surface area contributed by atoms with E-state index in [2.05, 4.69) is 9.88 Å². The summed E-state index contributed by atoms with van der Waals surface area (Å²) >= 11 is 0. The maximum atomic E-state index is 9.40. The molecule has 1 aliphatic heterocycles. The van der Waals surface area contributed by atoms with Crippen LogP contribution in [0.4, 0.5) is 5.69 Å². The lowest BCUT2D eigenvalue weighted by Gasteiger charge is -2.32. The molecule has 0 aromatic carbocycles. The molecular weight excluding hydrogens is 216 g/mol. The second kappa shape index (κ2) is 5.47. The van der Waals surface area contributed by atoms with Gasteiger partial charge in [-0.15, -0.1) is 0 Å². The van der Waals surface area contributed by atoms with Gasteiger partial charge in [0.05, 0.1) is 29.8 Å². The first-order valence-electron chi connectivity index (χ1n) is 6.12. The summed E-state index contributed by atoms with van der Waals surface area (Å²) in [5, 5.41) is 9.40. The van der Waals surface area contributed by atoms with Crippen molar-refractivity contribution < 1.29 is 9.84 Å². The van der Waals surface area contributed by atoms with Crippen molar-refractivity contribution in [3.63, 3.8) is 0 Å². The van der Waals surface area contributed by atoms with E-state index in [1.54, 1.807) is 14.0 Å². The van der Waals surface area contributed by atoms with Crippen LogP contribution in [-0.4, -0.2) is 36.4 Å². The Morgan fingerprint density at radius 1 is 1.41 bits per heavy atom. The van der Waals surface area contributed by atoms with Gasteiger partial charge in [0.1, 0.15) is 0 Å². The fourth-order valence-corrected chi connectivity index (χ4v) is 2.18. The van der Waals surface area contributed by atoms with Gasteiger partial charge in [0.2, 0.25) is 0 Å². The van der Waals surface area contributed by atoms with E-state index in [1.165, 1.54) is 0 Å². The topological polar surface area (TPSA) is 45.6 Å². The maximum Gasteiger partial charge on any atom is 0.0931 e. The standard InChI is InChI=1S/C13H20N2O2/c1-10(16)13-4-3-11(9-14-13)15-7-5-12(17-2)6-8-15/h3-4,9-10,12,16H,5-8H2,1-2H3/t10-/m1/s1. The van der Waals surface area contributed by atoms with Gasteiger partial charge in [-0.3, -0.25) is 4.98 Å². The number of methoxy groups -OCH3 is 1. The fourth-order valence-electron chi connectivity index (χ4n) is 2.18. The maximum absolute atomic E-state index is 9.40. The molecule has 0 amide bonds. The van der Waals surface area contributed by atoms with Crippen molar-refractivity contribution in [3.05, 3.63) is 24.0 Å². The molecule has 1 aliphatic rings. The first-order chi connectivity index (χ1) is 8.20. The van der Waals surface area contributed by atoms with E-state index >= 15 is 0 Å². The van der Waals surface area contributed by atoms with Crippen LogP contribution < -0.4 is 4.90 Å². The minimum absolute atomic E-state index is 0.399. The van der Waals surface area contributed by atoms with Crippen LogP contribution in [0.15, 0.2) is 18.3 Å². The zero-order valence-electron chi connectivity index (χ0n) is 10.5. The van der Waals surface area contributed by atoms with Gasteiger partial charge in [-0.2, -0.15) is 0 Å². The van der Waals surface area contributed by atoms with Crippen molar-refractivity contribution in [2.75, 3.05) is 25.1 Å². The van der Waals surface area contributed by atoms with E-state index in [9.17, 15) is 5.11 Å². The first-order valence-corrected chi connectivity index (χ1v) is 6.12. The summed E-state index contributed by atoms with van der Waals surface area (Å²) in [5.74, 6) is 0. The number of nitrogens with zero attached hydrogens (tertiary/aromatic N) is 2. The number of hydrogen-bond acceptors (Lipinski definition) is 4. The van der Waals surface area contributed by atoms with Crippen LogP contribution in [0.2, 0.25) is 0 Å². The van der Waals surface area contributed by atoms with Crippen LogP contribution in [0, 0.1) is 0 Å². The van der Waals surface area contributed by atoms with Gasteiger partial charge in [-0.1, -0.05) is 0 Å². The molecule has 2 rings (SSSR count). The van der Waals surface area contributed by atoms with Crippen molar-refractivity contribution in [3.8, 4) is 0 Å². The Morgan fingerprint density at radius 3 is 2.59 bits per heavy atom. The molecule has 0 saturated carbocycles. The average molecular weight is 236 g/mol. The van der Waals surface area contributed by atoms with Gasteiger partial charge >= 0.3 is 0 Å². The fraction of sp³-hybridized carbons (Fsp3) is 0.615. The SMILES string of the molecule is COC1CCN(c2ccc([C@@H](C)O)nc2)CC1. The van der Waals surface area contributed by atoms with Gasteiger partial charge in [-0.25, -0.2) is 0 Å². The van der Waals surface area contributed by atoms with Gasteiger partial charge in [0.25, 0.3) is 0 Å². The van der Waals surface area contributed by atoms with Crippen LogP contribution in [0.1, 0.15) is 31.6 Å². The molecule has 1 aromatic rings. The van der Waals surface area contributed by atoms with Gasteiger partial charge < -0.3 is 14.7 Å². The van der Waals surface area contributed by atoms with Crippen LogP contribution in [0.5, 0.6) is 0 Å². The van der Waals surface area contributed by atoms with Crippen LogP contribution in [0.3, 0.4) is 0 Å². The number of rotatable bonds is 3. The molecule has 1 aromatic heterocycles. The largest absolute Gasteiger partial charge is 0.387 e. The zero-order valence-corrected chi connectivity index (χ0v) is 10.5. The summed E-state index contributed by atoms with van der Waals surface area (Å²) in [4.78, 5) is 6.58. The number of ether oxygens (including phenoxy) is 1. The molecule has 0 radical (unpaired) electrons. The third-order valence-corrected chi connectivity index (χ3v) is 3.34. The number of anilines is 1. The first kappa shape index (κ1) is 12.3. The van der Waals surface area contributed by atoms with E-state index in [4.69, 9.17) is 4.74 Å². The quantitative estimate of drug-likeness (QED) is 0.868. The Labute approximate surface area is 102 Å². The highest BCUT2D eigenvalue weighted by atomic mass is 16.5. The van der Waals surface area contributed by atoms with Crippen molar-refractivity contribution in [1.82, 2.24) is 4.98 Å². The van der Waals surface area contributed by atoms with Crippen molar-refractivity contribution in [2.24, 2.45) is 0 Å². The Balaban J connectivity index is 1.99. The molecule has 4 nitrogen and oxygen atoms in total. The molecule has 0 aliphatic carbocycles. The van der Waals surface area contributed by atoms with Crippen LogP contribution in [-0.2, 0) is 4.74 Å². The highest BCUT2D eigenvalue weighted by Gasteiger charge is 2.19. The molecule has 1 fully saturated rings.